The van der Waals surface area contributed by atoms with Crippen molar-refractivity contribution in [1.29, 1.82) is 0 Å². The summed E-state index contributed by atoms with van der Waals surface area (Å²) in [4.78, 5) is 2.51. The highest BCUT2D eigenvalue weighted by molar-refractivity contribution is 5.33. The van der Waals surface area contributed by atoms with Crippen LogP contribution in [0.4, 0.5) is 0 Å². The van der Waals surface area contributed by atoms with Crippen LogP contribution < -0.4 is 10.1 Å². The Morgan fingerprint density at radius 1 is 1.24 bits per heavy atom. The molecule has 1 aromatic rings. The maximum absolute atomic E-state index is 5.65. The van der Waals surface area contributed by atoms with E-state index in [1.807, 2.05) is 13.0 Å². The topological polar surface area (TPSA) is 24.5 Å². The fourth-order valence-electron chi connectivity index (χ4n) is 2.22. The Morgan fingerprint density at radius 2 is 2.00 bits per heavy atom. The Morgan fingerprint density at radius 3 is 2.76 bits per heavy atom. The molecule has 1 aromatic carbocycles. The Labute approximate surface area is 104 Å². The van der Waals surface area contributed by atoms with Crippen LogP contribution in [0.1, 0.15) is 12.5 Å². The van der Waals surface area contributed by atoms with Gasteiger partial charge in [0.15, 0.2) is 0 Å². The van der Waals surface area contributed by atoms with Crippen molar-refractivity contribution in [2.45, 2.75) is 13.3 Å². The third kappa shape index (κ3) is 3.72. The van der Waals surface area contributed by atoms with Crippen molar-refractivity contribution < 1.29 is 4.74 Å². The van der Waals surface area contributed by atoms with Gasteiger partial charge in [-0.2, -0.15) is 0 Å². The molecular formula is C14H22N2O. The summed E-state index contributed by atoms with van der Waals surface area (Å²) < 4.78 is 5.65. The summed E-state index contributed by atoms with van der Waals surface area (Å²) in [6, 6.07) is 8.37. The maximum atomic E-state index is 5.65. The van der Waals surface area contributed by atoms with Crippen LogP contribution in [0.15, 0.2) is 24.3 Å². The number of nitrogens with one attached hydrogen (secondary N) is 1. The molecule has 3 heteroatoms. The number of benzene rings is 1. The SMILES string of the molecule is CCOc1ccccc1CCN1CCNCC1. The third-order valence-corrected chi connectivity index (χ3v) is 3.18. The van der Waals surface area contributed by atoms with Gasteiger partial charge in [-0.3, -0.25) is 0 Å². The van der Waals surface area contributed by atoms with Crippen molar-refractivity contribution >= 4 is 0 Å². The minimum absolute atomic E-state index is 0.741. The van der Waals surface area contributed by atoms with Gasteiger partial charge in [-0.1, -0.05) is 18.2 Å². The molecule has 3 nitrogen and oxygen atoms in total. The number of piperazine rings is 1. The van der Waals surface area contributed by atoms with E-state index in [1.54, 1.807) is 0 Å². The van der Waals surface area contributed by atoms with E-state index in [-0.39, 0.29) is 0 Å². The fourth-order valence-corrected chi connectivity index (χ4v) is 2.22. The molecule has 1 saturated heterocycles. The van der Waals surface area contributed by atoms with Gasteiger partial charge in [-0.15, -0.1) is 0 Å². The van der Waals surface area contributed by atoms with Gasteiger partial charge >= 0.3 is 0 Å². The monoisotopic (exact) mass is 234 g/mol. The van der Waals surface area contributed by atoms with Gasteiger partial charge in [-0.05, 0) is 25.0 Å². The molecule has 0 atom stereocenters. The highest BCUT2D eigenvalue weighted by Gasteiger charge is 2.10. The molecule has 1 N–H and O–H groups in total. The smallest absolute Gasteiger partial charge is 0.122 e. The molecule has 0 aliphatic carbocycles. The third-order valence-electron chi connectivity index (χ3n) is 3.18. The molecule has 94 valence electrons. The highest BCUT2D eigenvalue weighted by Crippen LogP contribution is 2.18. The molecule has 0 amide bonds. The van der Waals surface area contributed by atoms with Gasteiger partial charge in [0.2, 0.25) is 0 Å². The van der Waals surface area contributed by atoms with Crippen molar-refractivity contribution in [3.63, 3.8) is 0 Å². The lowest BCUT2D eigenvalue weighted by molar-refractivity contribution is 0.242. The first-order valence-electron chi connectivity index (χ1n) is 6.54. The van der Waals surface area contributed by atoms with Crippen molar-refractivity contribution in [2.24, 2.45) is 0 Å². The number of ether oxygens (including phenoxy) is 1. The summed E-state index contributed by atoms with van der Waals surface area (Å²) in [6.07, 6.45) is 1.08. The zero-order valence-corrected chi connectivity index (χ0v) is 10.6. The molecule has 0 bridgehead atoms. The number of para-hydroxylation sites is 1. The molecule has 1 aliphatic heterocycles. The van der Waals surface area contributed by atoms with E-state index in [1.165, 1.54) is 5.56 Å². The summed E-state index contributed by atoms with van der Waals surface area (Å²) in [6.45, 7) is 8.47. The molecule has 17 heavy (non-hydrogen) atoms. The number of nitrogens with zero attached hydrogens (tertiary/aromatic N) is 1. The Kier molecular flexibility index (Phi) is 4.83. The van der Waals surface area contributed by atoms with E-state index < -0.39 is 0 Å². The lowest BCUT2D eigenvalue weighted by Gasteiger charge is -2.27. The zero-order chi connectivity index (χ0) is 11.9. The predicted molar refractivity (Wildman–Crippen MR) is 70.6 cm³/mol. The number of rotatable bonds is 5. The summed E-state index contributed by atoms with van der Waals surface area (Å²) >= 11 is 0. The molecule has 1 aliphatic rings. The molecule has 0 spiro atoms. The van der Waals surface area contributed by atoms with Crippen LogP contribution in [0.2, 0.25) is 0 Å². The van der Waals surface area contributed by atoms with E-state index in [0.717, 1.165) is 51.5 Å². The van der Waals surface area contributed by atoms with Gasteiger partial charge in [0.1, 0.15) is 5.75 Å². The van der Waals surface area contributed by atoms with E-state index in [4.69, 9.17) is 4.74 Å². The second-order valence-electron chi connectivity index (χ2n) is 4.38. The van der Waals surface area contributed by atoms with Crippen molar-refractivity contribution in [3.8, 4) is 5.75 Å². The van der Waals surface area contributed by atoms with Crippen LogP contribution in [-0.4, -0.2) is 44.2 Å². The normalized spacial score (nSPS) is 17.0. The van der Waals surface area contributed by atoms with Gasteiger partial charge in [0.25, 0.3) is 0 Å². The molecule has 1 heterocycles. The lowest BCUT2D eigenvalue weighted by atomic mass is 10.1. The van der Waals surface area contributed by atoms with Gasteiger partial charge in [-0.25, -0.2) is 0 Å². The van der Waals surface area contributed by atoms with Crippen molar-refractivity contribution in [1.82, 2.24) is 10.2 Å². The Bertz CT molecular complexity index is 335. The second-order valence-corrected chi connectivity index (χ2v) is 4.38. The molecule has 0 aromatic heterocycles. The van der Waals surface area contributed by atoms with Crippen LogP contribution in [0.5, 0.6) is 5.75 Å². The Hall–Kier alpha value is -1.06. The molecule has 0 unspecified atom stereocenters. The minimum atomic E-state index is 0.741. The second kappa shape index (κ2) is 6.62. The lowest BCUT2D eigenvalue weighted by Crippen LogP contribution is -2.44. The van der Waals surface area contributed by atoms with E-state index in [2.05, 4.69) is 28.4 Å². The largest absolute Gasteiger partial charge is 0.494 e. The van der Waals surface area contributed by atoms with E-state index in [0.29, 0.717) is 0 Å². The molecule has 0 radical (unpaired) electrons. The van der Waals surface area contributed by atoms with Crippen LogP contribution in [0.3, 0.4) is 0 Å². The van der Waals surface area contributed by atoms with Gasteiger partial charge in [0, 0.05) is 32.7 Å². The molecule has 1 fully saturated rings. The van der Waals surface area contributed by atoms with E-state index in [9.17, 15) is 0 Å². The molecule has 0 saturated carbocycles. The number of hydrogen-bond donors (Lipinski definition) is 1. The first kappa shape index (κ1) is 12.4. The minimum Gasteiger partial charge on any atom is -0.494 e. The highest BCUT2D eigenvalue weighted by atomic mass is 16.5. The Balaban J connectivity index is 1.88. The molecular weight excluding hydrogens is 212 g/mol. The van der Waals surface area contributed by atoms with Crippen molar-refractivity contribution in [3.05, 3.63) is 29.8 Å². The first-order valence-corrected chi connectivity index (χ1v) is 6.54. The summed E-state index contributed by atoms with van der Waals surface area (Å²) in [5.74, 6) is 1.05. The summed E-state index contributed by atoms with van der Waals surface area (Å²) in [7, 11) is 0. The van der Waals surface area contributed by atoms with E-state index >= 15 is 0 Å². The average molecular weight is 234 g/mol. The number of hydrogen-bond acceptors (Lipinski definition) is 3. The zero-order valence-electron chi connectivity index (χ0n) is 10.6. The summed E-state index contributed by atoms with van der Waals surface area (Å²) in [5.41, 5.74) is 1.33. The van der Waals surface area contributed by atoms with Gasteiger partial charge in [0.05, 0.1) is 6.61 Å². The van der Waals surface area contributed by atoms with Crippen LogP contribution in [-0.2, 0) is 6.42 Å². The van der Waals surface area contributed by atoms with Crippen LogP contribution in [0, 0.1) is 0 Å². The quantitative estimate of drug-likeness (QED) is 0.836. The van der Waals surface area contributed by atoms with Crippen LogP contribution in [0.25, 0.3) is 0 Å². The molecule has 2 rings (SSSR count). The average Bonchev–Trinajstić information content (AvgIpc) is 2.39. The summed E-state index contributed by atoms with van der Waals surface area (Å²) in [5, 5.41) is 3.38. The fraction of sp³-hybridized carbons (Fsp3) is 0.571. The van der Waals surface area contributed by atoms with Crippen molar-refractivity contribution in [2.75, 3.05) is 39.3 Å². The predicted octanol–water partition coefficient (Wildman–Crippen LogP) is 1.53. The van der Waals surface area contributed by atoms with Gasteiger partial charge < -0.3 is 15.0 Å². The maximum Gasteiger partial charge on any atom is 0.122 e. The standard InChI is InChI=1S/C14H22N2O/c1-2-17-14-6-4-3-5-13(14)7-10-16-11-8-15-9-12-16/h3-6,15H,2,7-12H2,1H3. The first-order chi connectivity index (χ1) is 8.40. The van der Waals surface area contributed by atoms with Crippen LogP contribution >= 0.6 is 0 Å².